The fourth-order valence-corrected chi connectivity index (χ4v) is 2.91. The van der Waals surface area contributed by atoms with Crippen LogP contribution < -0.4 is 15.4 Å². The average molecular weight is 476 g/mol. The second kappa shape index (κ2) is 13.2. The molecule has 1 saturated heterocycles. The monoisotopic (exact) mass is 476 g/mol. The van der Waals surface area contributed by atoms with Crippen molar-refractivity contribution in [1.29, 1.82) is 0 Å². The lowest BCUT2D eigenvalue weighted by Crippen LogP contribution is -2.33. The number of guanidine groups is 1. The van der Waals surface area contributed by atoms with Crippen LogP contribution in [0.2, 0.25) is 0 Å². The van der Waals surface area contributed by atoms with Gasteiger partial charge in [0.2, 0.25) is 0 Å². The first kappa shape index (κ1) is 23.0. The van der Waals surface area contributed by atoms with Crippen molar-refractivity contribution in [1.82, 2.24) is 10.2 Å². The van der Waals surface area contributed by atoms with Gasteiger partial charge < -0.3 is 25.0 Å². The Morgan fingerprint density at radius 1 is 1.35 bits per heavy atom. The van der Waals surface area contributed by atoms with Gasteiger partial charge in [-0.15, -0.1) is 24.0 Å². The van der Waals surface area contributed by atoms with Gasteiger partial charge in [0, 0.05) is 44.5 Å². The van der Waals surface area contributed by atoms with Gasteiger partial charge in [-0.1, -0.05) is 6.07 Å². The van der Waals surface area contributed by atoms with Crippen LogP contribution in [-0.2, 0) is 4.74 Å². The van der Waals surface area contributed by atoms with Crippen molar-refractivity contribution in [3.05, 3.63) is 24.3 Å². The molecule has 1 aliphatic heterocycles. The zero-order valence-corrected chi connectivity index (χ0v) is 18.5. The number of halogens is 1. The van der Waals surface area contributed by atoms with Gasteiger partial charge in [0.25, 0.3) is 0 Å². The summed E-state index contributed by atoms with van der Waals surface area (Å²) in [6.07, 6.45) is 3.38. The van der Waals surface area contributed by atoms with Gasteiger partial charge in [0.15, 0.2) is 5.96 Å². The van der Waals surface area contributed by atoms with Crippen LogP contribution in [0.4, 0.5) is 5.69 Å². The predicted octanol–water partition coefficient (Wildman–Crippen LogP) is 3.19. The summed E-state index contributed by atoms with van der Waals surface area (Å²) in [6, 6.07) is 8.53. The molecular weight excluding hydrogens is 443 g/mol. The molecule has 0 saturated carbocycles. The van der Waals surface area contributed by atoms with Gasteiger partial charge in [0.1, 0.15) is 5.75 Å². The first-order chi connectivity index (χ1) is 12.2. The third kappa shape index (κ3) is 8.09. The summed E-state index contributed by atoms with van der Waals surface area (Å²) >= 11 is 0. The Bertz CT molecular complexity index is 542. The van der Waals surface area contributed by atoms with Crippen LogP contribution in [0.5, 0.6) is 5.75 Å². The van der Waals surface area contributed by atoms with E-state index in [1.165, 1.54) is 19.4 Å². The molecule has 0 amide bonds. The minimum absolute atomic E-state index is 0. The zero-order valence-electron chi connectivity index (χ0n) is 16.2. The Morgan fingerprint density at radius 2 is 2.19 bits per heavy atom. The van der Waals surface area contributed by atoms with Crippen LogP contribution >= 0.6 is 24.0 Å². The Labute approximate surface area is 174 Å². The minimum atomic E-state index is 0. The van der Waals surface area contributed by atoms with E-state index in [4.69, 9.17) is 14.5 Å². The summed E-state index contributed by atoms with van der Waals surface area (Å²) in [5.74, 6) is 1.67. The number of hydrogen-bond acceptors (Lipinski definition) is 4. The summed E-state index contributed by atoms with van der Waals surface area (Å²) in [7, 11) is 3.88. The predicted molar refractivity (Wildman–Crippen MR) is 119 cm³/mol. The molecule has 1 heterocycles. The van der Waals surface area contributed by atoms with Crippen LogP contribution in [0, 0.1) is 0 Å². The van der Waals surface area contributed by atoms with Crippen LogP contribution in [-0.4, -0.2) is 63.9 Å². The summed E-state index contributed by atoms with van der Waals surface area (Å²) in [5.41, 5.74) is 0.976. The van der Waals surface area contributed by atoms with E-state index in [0.717, 1.165) is 36.9 Å². The Kier molecular flexibility index (Phi) is 11.6. The van der Waals surface area contributed by atoms with Gasteiger partial charge in [-0.3, -0.25) is 4.99 Å². The number of nitrogens with one attached hydrogen (secondary N) is 2. The number of anilines is 1. The first-order valence-electron chi connectivity index (χ1n) is 9.20. The third-order valence-corrected chi connectivity index (χ3v) is 4.33. The van der Waals surface area contributed by atoms with Crippen molar-refractivity contribution in [3.8, 4) is 5.75 Å². The normalized spacial score (nSPS) is 17.7. The highest BCUT2D eigenvalue weighted by atomic mass is 127. The second-order valence-corrected chi connectivity index (χ2v) is 6.34. The van der Waals surface area contributed by atoms with E-state index in [2.05, 4.69) is 29.5 Å². The van der Waals surface area contributed by atoms with E-state index in [9.17, 15) is 0 Å². The van der Waals surface area contributed by atoms with E-state index in [1.807, 2.05) is 24.3 Å². The number of methoxy groups -OCH3 is 1. The average Bonchev–Trinajstić information content (AvgIpc) is 3.02. The van der Waals surface area contributed by atoms with Gasteiger partial charge in [-0.05, 0) is 45.5 Å². The van der Waals surface area contributed by atoms with E-state index >= 15 is 0 Å². The number of likely N-dealkylation sites (tertiary alicyclic amines) is 1. The third-order valence-electron chi connectivity index (χ3n) is 4.33. The molecule has 1 aromatic rings. The lowest BCUT2D eigenvalue weighted by Gasteiger charge is -2.18. The summed E-state index contributed by atoms with van der Waals surface area (Å²) in [5, 5.41) is 6.69. The summed E-state index contributed by atoms with van der Waals surface area (Å²) < 4.78 is 10.8. The SMILES string of the molecule is CCNC(=NCC1CCCN1C)Nc1cccc(OCCCOC)c1.I. The molecule has 1 atom stereocenters. The number of rotatable bonds is 9. The largest absolute Gasteiger partial charge is 0.493 e. The number of benzene rings is 1. The quantitative estimate of drug-likeness (QED) is 0.248. The maximum absolute atomic E-state index is 5.76. The zero-order chi connectivity index (χ0) is 17.9. The minimum Gasteiger partial charge on any atom is -0.493 e. The van der Waals surface area contributed by atoms with Crippen molar-refractivity contribution < 1.29 is 9.47 Å². The van der Waals surface area contributed by atoms with Crippen LogP contribution in [0.1, 0.15) is 26.2 Å². The van der Waals surface area contributed by atoms with Gasteiger partial charge in [0.05, 0.1) is 13.2 Å². The Morgan fingerprint density at radius 3 is 2.88 bits per heavy atom. The van der Waals surface area contributed by atoms with Crippen molar-refractivity contribution in [2.24, 2.45) is 4.99 Å². The van der Waals surface area contributed by atoms with E-state index in [0.29, 0.717) is 19.3 Å². The molecule has 0 radical (unpaired) electrons. The van der Waals surface area contributed by atoms with Crippen molar-refractivity contribution >= 4 is 35.6 Å². The molecule has 1 aliphatic rings. The van der Waals surface area contributed by atoms with Crippen molar-refractivity contribution in [3.63, 3.8) is 0 Å². The van der Waals surface area contributed by atoms with Crippen molar-refractivity contribution in [2.45, 2.75) is 32.2 Å². The molecule has 1 unspecified atom stereocenters. The lowest BCUT2D eigenvalue weighted by atomic mass is 10.2. The molecule has 0 aromatic heterocycles. The van der Waals surface area contributed by atoms with Gasteiger partial charge in [-0.25, -0.2) is 0 Å². The molecule has 148 valence electrons. The van der Waals surface area contributed by atoms with E-state index in [-0.39, 0.29) is 24.0 Å². The smallest absolute Gasteiger partial charge is 0.195 e. The number of nitrogens with zero attached hydrogens (tertiary/aromatic N) is 2. The maximum Gasteiger partial charge on any atom is 0.195 e. The molecule has 7 heteroatoms. The first-order valence-corrected chi connectivity index (χ1v) is 9.20. The molecule has 0 spiro atoms. The van der Waals surface area contributed by atoms with Crippen LogP contribution in [0.25, 0.3) is 0 Å². The highest BCUT2D eigenvalue weighted by Gasteiger charge is 2.20. The molecule has 2 rings (SSSR count). The fraction of sp³-hybridized carbons (Fsp3) is 0.632. The Hall–Kier alpha value is -1.06. The molecule has 0 bridgehead atoms. The maximum atomic E-state index is 5.76. The lowest BCUT2D eigenvalue weighted by molar-refractivity contribution is 0.172. The highest BCUT2D eigenvalue weighted by Crippen LogP contribution is 2.18. The molecular formula is C19H33IN4O2. The number of hydrogen-bond donors (Lipinski definition) is 2. The summed E-state index contributed by atoms with van der Waals surface area (Å²) in [6.45, 7) is 6.27. The number of aliphatic imine (C=N–C) groups is 1. The van der Waals surface area contributed by atoms with Crippen LogP contribution in [0.3, 0.4) is 0 Å². The molecule has 26 heavy (non-hydrogen) atoms. The molecule has 6 nitrogen and oxygen atoms in total. The second-order valence-electron chi connectivity index (χ2n) is 6.34. The standard InChI is InChI=1S/C19H32N4O2.HI/c1-4-20-19(21-15-17-9-6-11-23(17)2)22-16-8-5-10-18(14-16)25-13-7-12-24-3;/h5,8,10,14,17H,4,6-7,9,11-13,15H2,1-3H3,(H2,20,21,22);1H. The summed E-state index contributed by atoms with van der Waals surface area (Å²) in [4.78, 5) is 7.14. The molecule has 2 N–H and O–H groups in total. The van der Waals surface area contributed by atoms with Crippen molar-refractivity contribution in [2.75, 3.05) is 52.3 Å². The molecule has 1 fully saturated rings. The van der Waals surface area contributed by atoms with E-state index in [1.54, 1.807) is 7.11 Å². The Balaban J connectivity index is 0.00000338. The molecule has 1 aromatic carbocycles. The number of likely N-dealkylation sites (N-methyl/N-ethyl adjacent to an activating group) is 1. The van der Waals surface area contributed by atoms with E-state index < -0.39 is 0 Å². The number of ether oxygens (including phenoxy) is 2. The van der Waals surface area contributed by atoms with Gasteiger partial charge >= 0.3 is 0 Å². The fourth-order valence-electron chi connectivity index (χ4n) is 2.91. The highest BCUT2D eigenvalue weighted by molar-refractivity contribution is 14.0. The molecule has 0 aliphatic carbocycles. The van der Waals surface area contributed by atoms with Crippen LogP contribution in [0.15, 0.2) is 29.3 Å². The topological polar surface area (TPSA) is 58.1 Å². The van der Waals surface area contributed by atoms with Gasteiger partial charge in [-0.2, -0.15) is 0 Å².